The van der Waals surface area contributed by atoms with Crippen LogP contribution in [0.3, 0.4) is 0 Å². The van der Waals surface area contributed by atoms with Crippen molar-refractivity contribution in [2.24, 2.45) is 7.05 Å². The van der Waals surface area contributed by atoms with Crippen molar-refractivity contribution in [3.05, 3.63) is 47.2 Å². The van der Waals surface area contributed by atoms with Gasteiger partial charge < -0.3 is 9.09 Å². The second-order valence-corrected chi connectivity index (χ2v) is 5.62. The van der Waals surface area contributed by atoms with Gasteiger partial charge in [-0.1, -0.05) is 21.1 Å². The summed E-state index contributed by atoms with van der Waals surface area (Å²) in [5, 5.41) is 5.10. The van der Waals surface area contributed by atoms with E-state index in [0.717, 1.165) is 37.7 Å². The van der Waals surface area contributed by atoms with E-state index in [9.17, 15) is 0 Å². The standard InChI is InChI=1S/C15H10BrN3O/c1-19-8-17-14-12(19)7-6-11-13(14)15(20-18-11)9-2-4-10(16)5-3-9/h2-8H,1H3. The summed E-state index contributed by atoms with van der Waals surface area (Å²) in [7, 11) is 1.98. The van der Waals surface area contributed by atoms with Gasteiger partial charge in [-0.2, -0.15) is 0 Å². The first-order chi connectivity index (χ1) is 9.74. The zero-order chi connectivity index (χ0) is 13.7. The van der Waals surface area contributed by atoms with Crippen molar-refractivity contribution in [1.29, 1.82) is 0 Å². The van der Waals surface area contributed by atoms with Gasteiger partial charge in [0.2, 0.25) is 0 Å². The highest BCUT2D eigenvalue weighted by atomic mass is 79.9. The maximum atomic E-state index is 5.54. The minimum atomic E-state index is 0.761. The average Bonchev–Trinajstić information content (AvgIpc) is 3.04. The molecule has 0 fully saturated rings. The van der Waals surface area contributed by atoms with Crippen molar-refractivity contribution in [2.45, 2.75) is 0 Å². The van der Waals surface area contributed by atoms with Gasteiger partial charge in [0.05, 0.1) is 17.2 Å². The molecule has 0 atom stereocenters. The van der Waals surface area contributed by atoms with E-state index < -0.39 is 0 Å². The van der Waals surface area contributed by atoms with E-state index in [-0.39, 0.29) is 0 Å². The van der Waals surface area contributed by atoms with Crippen LogP contribution in [0.4, 0.5) is 0 Å². The first-order valence-electron chi connectivity index (χ1n) is 6.19. The van der Waals surface area contributed by atoms with Crippen molar-refractivity contribution in [1.82, 2.24) is 14.7 Å². The molecule has 0 saturated carbocycles. The van der Waals surface area contributed by atoms with Gasteiger partial charge in [-0.3, -0.25) is 0 Å². The van der Waals surface area contributed by atoms with E-state index in [1.807, 2.05) is 54.3 Å². The Morgan fingerprint density at radius 1 is 1.10 bits per heavy atom. The Balaban J connectivity index is 2.09. The number of halogens is 1. The van der Waals surface area contributed by atoms with Gasteiger partial charge in [0.15, 0.2) is 5.76 Å². The van der Waals surface area contributed by atoms with Crippen LogP contribution >= 0.6 is 15.9 Å². The van der Waals surface area contributed by atoms with Crippen LogP contribution in [0.1, 0.15) is 0 Å². The number of hydrogen-bond donors (Lipinski definition) is 0. The van der Waals surface area contributed by atoms with Crippen molar-refractivity contribution in [3.63, 3.8) is 0 Å². The van der Waals surface area contributed by atoms with Crippen LogP contribution in [0.15, 0.2) is 51.7 Å². The summed E-state index contributed by atoms with van der Waals surface area (Å²) in [5.74, 6) is 0.761. The Hall–Kier alpha value is -2.14. The summed E-state index contributed by atoms with van der Waals surface area (Å²) < 4.78 is 8.57. The molecule has 0 spiro atoms. The molecule has 0 amide bonds. The molecule has 0 saturated heterocycles. The highest BCUT2D eigenvalue weighted by Gasteiger charge is 2.16. The molecule has 2 aromatic heterocycles. The van der Waals surface area contributed by atoms with Crippen LogP contribution in [-0.4, -0.2) is 14.7 Å². The highest BCUT2D eigenvalue weighted by Crippen LogP contribution is 2.33. The van der Waals surface area contributed by atoms with Crippen LogP contribution < -0.4 is 0 Å². The van der Waals surface area contributed by atoms with Crippen molar-refractivity contribution < 1.29 is 4.52 Å². The first-order valence-corrected chi connectivity index (χ1v) is 6.99. The van der Waals surface area contributed by atoms with Gasteiger partial charge in [-0.15, -0.1) is 0 Å². The third-order valence-corrected chi connectivity index (χ3v) is 3.97. The van der Waals surface area contributed by atoms with Crippen molar-refractivity contribution in [2.75, 3.05) is 0 Å². The second-order valence-electron chi connectivity index (χ2n) is 4.70. The Bertz CT molecular complexity index is 922. The molecular weight excluding hydrogens is 318 g/mol. The number of nitrogens with zero attached hydrogens (tertiary/aromatic N) is 3. The zero-order valence-corrected chi connectivity index (χ0v) is 12.3. The predicted molar refractivity (Wildman–Crippen MR) is 81.4 cm³/mol. The molecule has 2 heterocycles. The summed E-state index contributed by atoms with van der Waals surface area (Å²) in [5.41, 5.74) is 3.81. The first kappa shape index (κ1) is 11.7. The third-order valence-electron chi connectivity index (χ3n) is 3.44. The summed E-state index contributed by atoms with van der Waals surface area (Å²) in [4.78, 5) is 4.48. The molecular formula is C15H10BrN3O. The largest absolute Gasteiger partial charge is 0.355 e. The monoisotopic (exact) mass is 327 g/mol. The number of aromatic nitrogens is 3. The smallest absolute Gasteiger partial charge is 0.176 e. The Kier molecular flexibility index (Phi) is 2.44. The number of aryl methyl sites for hydroxylation is 1. The fourth-order valence-corrected chi connectivity index (χ4v) is 2.69. The van der Waals surface area contributed by atoms with Crippen LogP contribution in [0.2, 0.25) is 0 Å². The van der Waals surface area contributed by atoms with E-state index in [4.69, 9.17) is 4.52 Å². The molecule has 5 heteroatoms. The molecule has 2 aromatic carbocycles. The predicted octanol–water partition coefficient (Wildman–Crippen LogP) is 4.14. The average molecular weight is 328 g/mol. The topological polar surface area (TPSA) is 43.9 Å². The van der Waals surface area contributed by atoms with Gasteiger partial charge in [-0.05, 0) is 36.4 Å². The molecule has 4 rings (SSSR count). The lowest BCUT2D eigenvalue weighted by Crippen LogP contribution is -1.83. The number of hydrogen-bond acceptors (Lipinski definition) is 3. The van der Waals surface area contributed by atoms with E-state index in [0.29, 0.717) is 0 Å². The van der Waals surface area contributed by atoms with E-state index in [1.165, 1.54) is 0 Å². The molecule has 98 valence electrons. The Morgan fingerprint density at radius 3 is 2.70 bits per heavy atom. The quantitative estimate of drug-likeness (QED) is 0.527. The lowest BCUT2D eigenvalue weighted by Gasteiger charge is -1.98. The van der Waals surface area contributed by atoms with Crippen molar-refractivity contribution in [3.8, 4) is 11.3 Å². The summed E-state index contributed by atoms with van der Waals surface area (Å²) >= 11 is 3.44. The third kappa shape index (κ3) is 1.59. The van der Waals surface area contributed by atoms with Gasteiger partial charge in [0.1, 0.15) is 11.0 Å². The van der Waals surface area contributed by atoms with Crippen LogP contribution in [0.25, 0.3) is 33.3 Å². The van der Waals surface area contributed by atoms with Crippen LogP contribution in [0, 0.1) is 0 Å². The SMILES string of the molecule is Cn1cnc2c3c(-c4ccc(Br)cc4)onc3ccc21. The molecule has 0 bridgehead atoms. The Morgan fingerprint density at radius 2 is 1.90 bits per heavy atom. The summed E-state index contributed by atoms with van der Waals surface area (Å²) in [6.07, 6.45) is 1.81. The number of fused-ring (bicyclic) bond motifs is 3. The van der Waals surface area contributed by atoms with Gasteiger partial charge in [0.25, 0.3) is 0 Å². The molecule has 0 aliphatic rings. The maximum Gasteiger partial charge on any atom is 0.176 e. The van der Waals surface area contributed by atoms with E-state index >= 15 is 0 Å². The number of benzene rings is 2. The van der Waals surface area contributed by atoms with E-state index in [1.54, 1.807) is 0 Å². The lowest BCUT2D eigenvalue weighted by atomic mass is 10.1. The van der Waals surface area contributed by atoms with E-state index in [2.05, 4.69) is 26.1 Å². The molecule has 0 aliphatic heterocycles. The minimum Gasteiger partial charge on any atom is -0.355 e. The zero-order valence-electron chi connectivity index (χ0n) is 10.7. The second kappa shape index (κ2) is 4.18. The highest BCUT2D eigenvalue weighted by molar-refractivity contribution is 9.10. The molecule has 0 aliphatic carbocycles. The fraction of sp³-hybridized carbons (Fsp3) is 0.0667. The van der Waals surface area contributed by atoms with Gasteiger partial charge >= 0.3 is 0 Å². The summed E-state index contributed by atoms with van der Waals surface area (Å²) in [6.45, 7) is 0. The molecule has 4 aromatic rings. The molecule has 0 unspecified atom stereocenters. The number of rotatable bonds is 1. The van der Waals surface area contributed by atoms with Crippen molar-refractivity contribution >= 4 is 37.9 Å². The maximum absolute atomic E-state index is 5.54. The fourth-order valence-electron chi connectivity index (χ4n) is 2.43. The number of imidazole rings is 1. The van der Waals surface area contributed by atoms with Crippen LogP contribution in [-0.2, 0) is 7.05 Å². The normalized spacial score (nSPS) is 11.5. The van der Waals surface area contributed by atoms with Gasteiger partial charge in [0, 0.05) is 17.1 Å². The lowest BCUT2D eigenvalue weighted by molar-refractivity contribution is 0.441. The Labute approximate surface area is 123 Å². The molecule has 0 N–H and O–H groups in total. The summed E-state index contributed by atoms with van der Waals surface area (Å²) in [6, 6.07) is 12.0. The minimum absolute atomic E-state index is 0.761. The van der Waals surface area contributed by atoms with Gasteiger partial charge in [-0.25, -0.2) is 4.98 Å². The van der Waals surface area contributed by atoms with Crippen LogP contribution in [0.5, 0.6) is 0 Å². The molecule has 4 nitrogen and oxygen atoms in total. The molecule has 0 radical (unpaired) electrons. The molecule has 20 heavy (non-hydrogen) atoms.